The van der Waals surface area contributed by atoms with Crippen molar-refractivity contribution in [1.29, 1.82) is 0 Å². The number of allylic oxidation sites excluding steroid dienone is 1. The average Bonchev–Trinajstić information content (AvgIpc) is 2.76. The van der Waals surface area contributed by atoms with Crippen molar-refractivity contribution in [3.05, 3.63) is 70.5 Å². The zero-order valence-corrected chi connectivity index (χ0v) is 19.4. The first kappa shape index (κ1) is 25.1. The number of aryl methyl sites for hydroxylation is 1. The number of nitrogens with zero attached hydrogens (tertiary/aromatic N) is 2. The molecule has 0 aliphatic carbocycles. The number of carboxylic acid groups (broad SMARTS) is 1. The molecule has 1 atom stereocenters. The Balaban J connectivity index is 2.51. The predicted molar refractivity (Wildman–Crippen MR) is 123 cm³/mol. The van der Waals surface area contributed by atoms with Crippen LogP contribution >= 0.6 is 0 Å². The summed E-state index contributed by atoms with van der Waals surface area (Å²) in [5.41, 5.74) is 6.64. The first-order valence-corrected chi connectivity index (χ1v) is 10.4. The van der Waals surface area contributed by atoms with E-state index in [0.29, 0.717) is 0 Å². The fourth-order valence-electron chi connectivity index (χ4n) is 3.24. The van der Waals surface area contributed by atoms with Crippen molar-refractivity contribution in [1.82, 2.24) is 0 Å². The van der Waals surface area contributed by atoms with Crippen LogP contribution in [0.1, 0.15) is 54.2 Å². The molecule has 0 aromatic heterocycles. The Labute approximate surface area is 188 Å². The zero-order chi connectivity index (χ0) is 24.1. The third kappa shape index (κ3) is 5.53. The summed E-state index contributed by atoms with van der Waals surface area (Å²) < 4.78 is 5.22. The quantitative estimate of drug-likeness (QED) is 0.237. The van der Waals surface area contributed by atoms with Gasteiger partial charge in [0, 0.05) is 6.08 Å². The molecule has 0 bridgehead atoms. The highest BCUT2D eigenvalue weighted by Crippen LogP contribution is 2.29. The number of carbonyl (C=O) groups is 1. The molecule has 4 N–H and O–H groups in total. The molecule has 0 aliphatic heterocycles. The molecule has 0 heterocycles. The molecule has 1 unspecified atom stereocenters. The summed E-state index contributed by atoms with van der Waals surface area (Å²) in [4.78, 5) is 14.1. The Hall–Kier alpha value is -3.20. The number of quaternary nitrogens is 1. The van der Waals surface area contributed by atoms with Crippen LogP contribution in [0.3, 0.4) is 0 Å². The number of benzene rings is 2. The highest BCUT2D eigenvalue weighted by atomic mass is 16.9. The van der Waals surface area contributed by atoms with Gasteiger partial charge < -0.3 is 9.84 Å². The van der Waals surface area contributed by atoms with E-state index in [1.165, 1.54) is 31.4 Å². The number of methoxy groups -OCH3 is 1. The number of rotatable bonds is 9. The van der Waals surface area contributed by atoms with E-state index in [2.05, 4.69) is 10.4 Å². The topological polar surface area (TPSA) is 111 Å². The minimum Gasteiger partial charge on any atom is -0.494 e. The van der Waals surface area contributed by atoms with E-state index in [1.807, 2.05) is 45.9 Å². The number of hydroxylamine groups is 2. The summed E-state index contributed by atoms with van der Waals surface area (Å²) in [5.74, 6) is -0.957. The molecule has 2 aromatic rings. The highest BCUT2D eigenvalue weighted by Gasteiger charge is 2.33. The Kier molecular flexibility index (Phi) is 8.15. The third-order valence-electron chi connectivity index (χ3n) is 5.50. The van der Waals surface area contributed by atoms with Gasteiger partial charge in [-0.3, -0.25) is 0 Å². The number of ether oxygens (including phenoxy) is 1. The minimum atomic E-state index is -1.75. The van der Waals surface area contributed by atoms with Crippen LogP contribution in [-0.4, -0.2) is 39.2 Å². The van der Waals surface area contributed by atoms with E-state index in [1.54, 1.807) is 6.92 Å². The molecule has 32 heavy (non-hydrogen) atoms. The van der Waals surface area contributed by atoms with E-state index < -0.39 is 10.9 Å². The average molecular weight is 443 g/mol. The van der Waals surface area contributed by atoms with Crippen molar-refractivity contribution in [2.75, 3.05) is 12.5 Å². The van der Waals surface area contributed by atoms with Gasteiger partial charge >= 0.3 is 11.8 Å². The molecule has 2 rings (SSSR count). The summed E-state index contributed by atoms with van der Waals surface area (Å²) in [6.45, 7) is 9.79. The van der Waals surface area contributed by atoms with Crippen LogP contribution in [0.2, 0.25) is 0 Å². The van der Waals surface area contributed by atoms with E-state index in [4.69, 9.17) is 4.74 Å². The molecular formula is C24H32N3O5+. The van der Waals surface area contributed by atoms with Gasteiger partial charge in [-0.15, -0.1) is 10.4 Å². The van der Waals surface area contributed by atoms with Crippen LogP contribution in [0.15, 0.2) is 53.3 Å². The second-order valence-electron chi connectivity index (χ2n) is 7.63. The number of hydrogen-bond donors (Lipinski definition) is 4. The predicted octanol–water partition coefficient (Wildman–Crippen LogP) is 5.33. The van der Waals surface area contributed by atoms with Crippen molar-refractivity contribution in [2.45, 2.75) is 41.0 Å². The van der Waals surface area contributed by atoms with Crippen molar-refractivity contribution in [3.63, 3.8) is 0 Å². The third-order valence-corrected chi connectivity index (χ3v) is 5.50. The Morgan fingerprint density at radius 3 is 2.50 bits per heavy atom. The Morgan fingerprint density at radius 2 is 1.94 bits per heavy atom. The molecule has 0 saturated heterocycles. The number of anilines is 1. The lowest BCUT2D eigenvalue weighted by molar-refractivity contribution is -1.20. The lowest BCUT2D eigenvalue weighted by Crippen LogP contribution is -2.45. The van der Waals surface area contributed by atoms with Gasteiger partial charge in [0.25, 0.3) is 0 Å². The van der Waals surface area contributed by atoms with Gasteiger partial charge in [0.1, 0.15) is 11.4 Å². The minimum absolute atomic E-state index is 0.0136. The molecule has 8 nitrogen and oxygen atoms in total. The number of aliphatic imine (C=N–C) groups is 1. The van der Waals surface area contributed by atoms with Gasteiger partial charge in [-0.1, -0.05) is 32.0 Å². The second-order valence-corrected chi connectivity index (χ2v) is 7.63. The van der Waals surface area contributed by atoms with Crippen LogP contribution < -0.4 is 10.2 Å². The van der Waals surface area contributed by atoms with Crippen LogP contribution in [0.4, 0.5) is 5.69 Å². The summed E-state index contributed by atoms with van der Waals surface area (Å²) in [7, 11) is 1.37. The maximum absolute atomic E-state index is 11.2. The SMILES string of the molecule is C/C=C(\N=C(\c1cccc(C)c1C)C(C)CC)[N+](O)(O)Nc1ccc(C(=O)O)cc1OC. The van der Waals surface area contributed by atoms with Gasteiger partial charge in [-0.05, 0) is 68.0 Å². The lowest BCUT2D eigenvalue weighted by Gasteiger charge is -2.24. The molecule has 0 amide bonds. The van der Waals surface area contributed by atoms with Crippen LogP contribution in [-0.2, 0) is 0 Å². The fourth-order valence-corrected chi connectivity index (χ4v) is 3.24. The fraction of sp³-hybridized carbons (Fsp3) is 0.333. The largest absolute Gasteiger partial charge is 0.494 e. The smallest absolute Gasteiger partial charge is 0.335 e. The molecule has 8 heteroatoms. The highest BCUT2D eigenvalue weighted by molar-refractivity contribution is 6.03. The van der Waals surface area contributed by atoms with E-state index in [9.17, 15) is 20.3 Å². The standard InChI is InChI=1S/C24H31N3O5/c1-7-15(3)23(19-11-9-10-16(4)17(19)5)25-22(8-2)27(30,31)26-20-13-12-18(24(28)29)14-21(20)32-6/h8-15,26,30-31H,7H2,1-6H3/p+1/b22-8+,25-23+. The Morgan fingerprint density at radius 1 is 1.25 bits per heavy atom. The number of hydrogen-bond acceptors (Lipinski definition) is 6. The van der Waals surface area contributed by atoms with Gasteiger partial charge in [0.05, 0.1) is 23.3 Å². The van der Waals surface area contributed by atoms with Crippen LogP contribution in [0.25, 0.3) is 0 Å². The molecule has 2 aromatic carbocycles. The number of aromatic carboxylic acids is 1. The maximum atomic E-state index is 11.2. The van der Waals surface area contributed by atoms with E-state index >= 15 is 0 Å². The summed E-state index contributed by atoms with van der Waals surface area (Å²) >= 11 is 0. The van der Waals surface area contributed by atoms with Gasteiger partial charge in [0.2, 0.25) is 0 Å². The Bertz CT molecular complexity index is 1040. The normalized spacial score (nSPS) is 13.6. The monoisotopic (exact) mass is 442 g/mol. The van der Waals surface area contributed by atoms with Gasteiger partial charge in [-0.25, -0.2) is 4.79 Å². The molecular weight excluding hydrogens is 410 g/mol. The van der Waals surface area contributed by atoms with Crippen molar-refractivity contribution >= 4 is 17.4 Å². The molecule has 0 spiro atoms. The number of nitrogens with one attached hydrogen (secondary N) is 1. The molecule has 0 radical (unpaired) electrons. The van der Waals surface area contributed by atoms with Crippen LogP contribution in [0.5, 0.6) is 5.75 Å². The van der Waals surface area contributed by atoms with Crippen molar-refractivity contribution in [2.24, 2.45) is 10.9 Å². The first-order valence-electron chi connectivity index (χ1n) is 10.4. The molecule has 0 fully saturated rings. The first-order chi connectivity index (χ1) is 15.0. The van der Waals surface area contributed by atoms with Crippen molar-refractivity contribution < 1.29 is 30.0 Å². The van der Waals surface area contributed by atoms with E-state index in [0.717, 1.165) is 28.8 Å². The summed E-state index contributed by atoms with van der Waals surface area (Å²) in [6, 6.07) is 10.00. The summed E-state index contributed by atoms with van der Waals surface area (Å²) in [5, 5.41) is 30.8. The van der Waals surface area contributed by atoms with Crippen molar-refractivity contribution in [3.8, 4) is 5.75 Å². The zero-order valence-electron chi connectivity index (χ0n) is 19.4. The maximum Gasteiger partial charge on any atom is 0.335 e. The lowest BCUT2D eigenvalue weighted by atomic mass is 9.91. The molecule has 0 aliphatic rings. The van der Waals surface area contributed by atoms with Gasteiger partial charge in [0.15, 0.2) is 0 Å². The molecule has 172 valence electrons. The summed E-state index contributed by atoms with van der Waals surface area (Å²) in [6.07, 6.45) is 2.32. The second kappa shape index (κ2) is 10.4. The van der Waals surface area contributed by atoms with Crippen LogP contribution in [0, 0.1) is 19.8 Å². The van der Waals surface area contributed by atoms with Gasteiger partial charge in [-0.2, -0.15) is 10.4 Å². The number of carboxylic acids is 1. The van der Waals surface area contributed by atoms with E-state index in [-0.39, 0.29) is 28.7 Å². The molecule has 0 saturated carbocycles.